The van der Waals surface area contributed by atoms with Gasteiger partial charge in [0, 0.05) is 15.8 Å². The summed E-state index contributed by atoms with van der Waals surface area (Å²) in [5.74, 6) is -0.0710. The number of imide groups is 1. The number of carbonyl (C=O) groups excluding carboxylic acids is 2. The molecule has 0 aliphatic carbocycles. The molecule has 7 nitrogen and oxygen atoms in total. The molecule has 2 amide bonds. The van der Waals surface area contributed by atoms with Crippen molar-refractivity contribution in [1.29, 1.82) is 0 Å². The van der Waals surface area contributed by atoms with Crippen molar-refractivity contribution in [3.8, 4) is 16.9 Å². The number of thioether (sulfide) groups is 1. The van der Waals surface area contributed by atoms with Gasteiger partial charge in [0.05, 0.1) is 34.5 Å². The van der Waals surface area contributed by atoms with Gasteiger partial charge in [-0.25, -0.2) is 13.4 Å². The number of amides is 2. The van der Waals surface area contributed by atoms with Crippen LogP contribution in [0.4, 0.5) is 4.79 Å². The third-order valence-electron chi connectivity index (χ3n) is 5.35. The quantitative estimate of drug-likeness (QED) is 0.587. The molecule has 5 rings (SSSR count). The summed E-state index contributed by atoms with van der Waals surface area (Å²) in [6, 6.07) is 6.55. The molecule has 0 saturated carbocycles. The lowest BCUT2D eigenvalue weighted by Crippen LogP contribution is -2.28. The highest BCUT2D eigenvalue weighted by Crippen LogP contribution is 2.45. The molecule has 160 valence electrons. The SMILES string of the molecule is O=C1CSC(=O)N1Cc1nc2sc3c(c2c(-c2ccc(O)cc2)c1Cl)CCS(=O)(=O)C3. The molecule has 2 aliphatic heterocycles. The van der Waals surface area contributed by atoms with E-state index in [1.165, 1.54) is 11.3 Å². The number of pyridine rings is 1. The number of sulfone groups is 1. The number of carbonyl (C=O) groups is 2. The number of phenols is 1. The average molecular weight is 495 g/mol. The van der Waals surface area contributed by atoms with Crippen LogP contribution in [0.2, 0.25) is 5.02 Å². The summed E-state index contributed by atoms with van der Waals surface area (Å²) in [4.78, 5) is 31.3. The van der Waals surface area contributed by atoms with E-state index in [9.17, 15) is 23.1 Å². The minimum absolute atomic E-state index is 0.0366. The number of fused-ring (bicyclic) bond motifs is 3. The van der Waals surface area contributed by atoms with Crippen LogP contribution in [-0.4, -0.2) is 46.1 Å². The Morgan fingerprint density at radius 1 is 1.19 bits per heavy atom. The number of aromatic nitrogens is 1. The number of nitrogens with zero attached hydrogens (tertiary/aromatic N) is 2. The molecule has 0 atom stereocenters. The maximum Gasteiger partial charge on any atom is 0.289 e. The summed E-state index contributed by atoms with van der Waals surface area (Å²) in [7, 11) is -3.16. The van der Waals surface area contributed by atoms with Crippen LogP contribution in [-0.2, 0) is 33.4 Å². The first kappa shape index (κ1) is 20.7. The number of halogens is 1. The van der Waals surface area contributed by atoms with Crippen LogP contribution in [0.25, 0.3) is 21.3 Å². The van der Waals surface area contributed by atoms with E-state index in [0.717, 1.165) is 38.1 Å². The van der Waals surface area contributed by atoms with E-state index in [-0.39, 0.29) is 40.7 Å². The zero-order valence-corrected chi connectivity index (χ0v) is 19.1. The van der Waals surface area contributed by atoms with E-state index in [1.807, 2.05) is 0 Å². The number of thiophene rings is 1. The Labute approximate surface area is 191 Å². The molecule has 2 aromatic heterocycles. The van der Waals surface area contributed by atoms with Crippen molar-refractivity contribution in [2.75, 3.05) is 11.5 Å². The van der Waals surface area contributed by atoms with Crippen LogP contribution in [0.15, 0.2) is 24.3 Å². The summed E-state index contributed by atoms with van der Waals surface area (Å²) in [5.41, 5.74) is 2.70. The fourth-order valence-corrected chi connectivity index (χ4v) is 7.94. The van der Waals surface area contributed by atoms with Crippen LogP contribution in [0, 0.1) is 0 Å². The van der Waals surface area contributed by atoms with Gasteiger partial charge in [-0.3, -0.25) is 14.5 Å². The maximum atomic E-state index is 12.2. The van der Waals surface area contributed by atoms with E-state index in [4.69, 9.17) is 11.6 Å². The predicted molar refractivity (Wildman–Crippen MR) is 121 cm³/mol. The molecule has 0 spiro atoms. The van der Waals surface area contributed by atoms with Crippen LogP contribution in [0.3, 0.4) is 0 Å². The summed E-state index contributed by atoms with van der Waals surface area (Å²) in [6.07, 6.45) is 0.375. The molecular weight excluding hydrogens is 480 g/mol. The Morgan fingerprint density at radius 3 is 2.61 bits per heavy atom. The molecule has 2 aliphatic rings. The number of aromatic hydroxyl groups is 1. The zero-order valence-electron chi connectivity index (χ0n) is 15.9. The number of hydrogen-bond acceptors (Lipinski definition) is 8. The van der Waals surface area contributed by atoms with Gasteiger partial charge in [0.15, 0.2) is 9.84 Å². The van der Waals surface area contributed by atoms with Crippen molar-refractivity contribution in [2.45, 2.75) is 18.7 Å². The molecular formula is C20H15ClN2O5S3. The van der Waals surface area contributed by atoms with Crippen LogP contribution in [0.5, 0.6) is 5.75 Å². The molecule has 1 saturated heterocycles. The molecule has 0 unspecified atom stereocenters. The lowest BCUT2D eigenvalue weighted by atomic mass is 9.97. The molecule has 0 bridgehead atoms. The highest BCUT2D eigenvalue weighted by atomic mass is 35.5. The van der Waals surface area contributed by atoms with Crippen LogP contribution in [0.1, 0.15) is 16.1 Å². The normalized spacial score (nSPS) is 18.0. The Balaban J connectivity index is 1.75. The van der Waals surface area contributed by atoms with Crippen molar-refractivity contribution < 1.29 is 23.1 Å². The molecule has 11 heteroatoms. The molecule has 1 fully saturated rings. The summed E-state index contributed by atoms with van der Waals surface area (Å²) in [5, 5.41) is 10.5. The Kier molecular flexibility index (Phi) is 5.00. The van der Waals surface area contributed by atoms with Gasteiger partial charge in [-0.2, -0.15) is 0 Å². The van der Waals surface area contributed by atoms with Crippen LogP contribution >= 0.6 is 34.7 Å². The third-order valence-corrected chi connectivity index (χ3v) is 9.48. The summed E-state index contributed by atoms with van der Waals surface area (Å²) >= 11 is 9.04. The number of phenolic OH excluding ortho intramolecular Hbond substituents is 1. The maximum absolute atomic E-state index is 12.2. The third kappa shape index (κ3) is 3.61. The van der Waals surface area contributed by atoms with Crippen molar-refractivity contribution in [1.82, 2.24) is 9.88 Å². The van der Waals surface area contributed by atoms with Crippen molar-refractivity contribution in [2.24, 2.45) is 0 Å². The minimum Gasteiger partial charge on any atom is -0.508 e. The average Bonchev–Trinajstić information content (AvgIpc) is 3.22. The van der Waals surface area contributed by atoms with Gasteiger partial charge >= 0.3 is 0 Å². The van der Waals surface area contributed by atoms with E-state index < -0.39 is 9.84 Å². The molecule has 3 aromatic rings. The van der Waals surface area contributed by atoms with Gasteiger partial charge in [-0.05, 0) is 29.7 Å². The fourth-order valence-electron chi connectivity index (χ4n) is 3.86. The first-order chi connectivity index (χ1) is 14.7. The second-order valence-electron chi connectivity index (χ2n) is 7.35. The van der Waals surface area contributed by atoms with Crippen molar-refractivity contribution in [3.63, 3.8) is 0 Å². The largest absolute Gasteiger partial charge is 0.508 e. The lowest BCUT2D eigenvalue weighted by molar-refractivity contribution is -0.125. The summed E-state index contributed by atoms with van der Waals surface area (Å²) in [6.45, 7) is -0.0502. The summed E-state index contributed by atoms with van der Waals surface area (Å²) < 4.78 is 24.3. The molecule has 1 N–H and O–H groups in total. The molecule has 4 heterocycles. The second kappa shape index (κ2) is 7.47. The Morgan fingerprint density at radius 2 is 1.94 bits per heavy atom. The second-order valence-corrected chi connectivity index (χ2v) is 11.9. The monoisotopic (exact) mass is 494 g/mol. The molecule has 31 heavy (non-hydrogen) atoms. The number of aryl methyl sites for hydroxylation is 1. The fraction of sp³-hybridized carbons (Fsp3) is 0.250. The standard InChI is InChI=1S/C20H15ClN2O5S3/c21-18-13(7-23-15(25)8-29-20(23)26)22-19-17(16(18)10-1-3-11(24)4-2-10)12-5-6-31(27,28)9-14(12)30-19/h1-4,24H,5-9H2. The van der Waals surface area contributed by atoms with Gasteiger partial charge in [0.25, 0.3) is 5.24 Å². The highest BCUT2D eigenvalue weighted by Gasteiger charge is 2.33. The first-order valence-electron chi connectivity index (χ1n) is 9.33. The molecule has 0 radical (unpaired) electrons. The van der Waals surface area contributed by atoms with E-state index in [1.54, 1.807) is 24.3 Å². The topological polar surface area (TPSA) is 105 Å². The van der Waals surface area contributed by atoms with Crippen molar-refractivity contribution in [3.05, 3.63) is 45.4 Å². The Hall–Kier alpha value is -2.14. The van der Waals surface area contributed by atoms with Gasteiger partial charge in [0.2, 0.25) is 5.91 Å². The van der Waals surface area contributed by atoms with Gasteiger partial charge in [-0.1, -0.05) is 35.5 Å². The van der Waals surface area contributed by atoms with Gasteiger partial charge in [-0.15, -0.1) is 11.3 Å². The van der Waals surface area contributed by atoms with Gasteiger partial charge < -0.3 is 5.11 Å². The van der Waals surface area contributed by atoms with E-state index >= 15 is 0 Å². The highest BCUT2D eigenvalue weighted by molar-refractivity contribution is 8.14. The van der Waals surface area contributed by atoms with Crippen molar-refractivity contribution >= 4 is 65.9 Å². The van der Waals surface area contributed by atoms with E-state index in [2.05, 4.69) is 4.98 Å². The van der Waals surface area contributed by atoms with Gasteiger partial charge in [0.1, 0.15) is 10.6 Å². The lowest BCUT2D eigenvalue weighted by Gasteiger charge is -2.17. The number of benzene rings is 1. The zero-order chi connectivity index (χ0) is 21.9. The number of hydrogen-bond donors (Lipinski definition) is 1. The predicted octanol–water partition coefficient (Wildman–Crippen LogP) is 3.99. The minimum atomic E-state index is -3.16. The Bertz CT molecular complexity index is 1350. The first-order valence-corrected chi connectivity index (χ1v) is 13.3. The molecule has 1 aromatic carbocycles. The van der Waals surface area contributed by atoms with E-state index in [0.29, 0.717) is 27.5 Å². The number of rotatable bonds is 3. The van der Waals surface area contributed by atoms with Crippen LogP contribution < -0.4 is 0 Å². The smallest absolute Gasteiger partial charge is 0.289 e.